The minimum absolute atomic E-state index is 0.0894. The van der Waals surface area contributed by atoms with Crippen LogP contribution in [-0.4, -0.2) is 59.7 Å². The summed E-state index contributed by atoms with van der Waals surface area (Å²) in [7, 11) is 5.57. The van der Waals surface area contributed by atoms with E-state index < -0.39 is 0 Å². The Morgan fingerprint density at radius 3 is 2.84 bits per heavy atom. The third-order valence-electron chi connectivity index (χ3n) is 2.63. The Balaban J connectivity index is 2.77. The first-order chi connectivity index (χ1) is 9.10. The summed E-state index contributed by atoms with van der Waals surface area (Å²) in [6, 6.07) is 0. The normalized spacial score (nSPS) is 11.0. The molecule has 1 rings (SSSR count). The zero-order valence-electron chi connectivity index (χ0n) is 12.2. The third kappa shape index (κ3) is 4.87. The van der Waals surface area contributed by atoms with Gasteiger partial charge in [-0.2, -0.15) is 16.9 Å². The Labute approximate surface area is 119 Å². The van der Waals surface area contributed by atoms with Crippen molar-refractivity contribution in [2.75, 3.05) is 39.3 Å². The maximum absolute atomic E-state index is 12.3. The number of nitrogens with zero attached hydrogens (tertiary/aromatic N) is 3. The van der Waals surface area contributed by atoms with E-state index >= 15 is 0 Å². The van der Waals surface area contributed by atoms with Gasteiger partial charge in [0, 0.05) is 6.54 Å². The van der Waals surface area contributed by atoms with E-state index in [1.165, 1.54) is 0 Å². The number of hydrogen-bond acceptors (Lipinski definition) is 5. The molecule has 0 unspecified atom stereocenters. The van der Waals surface area contributed by atoms with Gasteiger partial charge in [-0.05, 0) is 26.3 Å². The van der Waals surface area contributed by atoms with Crippen LogP contribution in [0.1, 0.15) is 23.8 Å². The highest BCUT2D eigenvalue weighted by molar-refractivity contribution is 7.99. The van der Waals surface area contributed by atoms with Crippen LogP contribution >= 0.6 is 11.8 Å². The molecule has 0 saturated carbocycles. The molecule has 6 heteroatoms. The molecule has 108 valence electrons. The van der Waals surface area contributed by atoms with Crippen molar-refractivity contribution in [2.24, 2.45) is 0 Å². The number of carbonyl (C=O) groups is 1. The lowest BCUT2D eigenvalue weighted by atomic mass is 10.3. The van der Waals surface area contributed by atoms with Crippen molar-refractivity contribution >= 4 is 17.5 Å². The third-order valence-corrected chi connectivity index (χ3v) is 3.79. The van der Waals surface area contributed by atoms with Crippen molar-refractivity contribution in [3.05, 3.63) is 11.9 Å². The van der Waals surface area contributed by atoms with E-state index in [9.17, 15) is 4.79 Å². The molecular formula is C13H23N3O2S. The van der Waals surface area contributed by atoms with Gasteiger partial charge in [0.15, 0.2) is 11.5 Å². The molecule has 0 aliphatic heterocycles. The van der Waals surface area contributed by atoms with Crippen LogP contribution in [0.3, 0.4) is 0 Å². The molecule has 0 aliphatic rings. The van der Waals surface area contributed by atoms with Crippen LogP contribution in [0.15, 0.2) is 6.20 Å². The molecule has 1 aromatic heterocycles. The molecule has 0 spiro atoms. The van der Waals surface area contributed by atoms with Crippen LogP contribution < -0.4 is 4.74 Å². The van der Waals surface area contributed by atoms with Crippen molar-refractivity contribution in [2.45, 2.75) is 19.9 Å². The van der Waals surface area contributed by atoms with Crippen LogP contribution in [0.5, 0.6) is 5.75 Å². The summed E-state index contributed by atoms with van der Waals surface area (Å²) < 4.78 is 6.98. The maximum Gasteiger partial charge on any atom is 0.194 e. The molecule has 1 heterocycles. The molecule has 0 atom stereocenters. The highest BCUT2D eigenvalue weighted by Crippen LogP contribution is 2.20. The fraction of sp³-hybridized carbons (Fsp3) is 0.692. The summed E-state index contributed by atoms with van der Waals surface area (Å²) in [5.41, 5.74) is 0.591. The zero-order chi connectivity index (χ0) is 14.3. The van der Waals surface area contributed by atoms with E-state index in [1.807, 2.05) is 14.1 Å². The highest BCUT2D eigenvalue weighted by Gasteiger charge is 2.19. The minimum Gasteiger partial charge on any atom is -0.493 e. The smallest absolute Gasteiger partial charge is 0.194 e. The quantitative estimate of drug-likeness (QED) is 0.511. The molecule has 0 aromatic carbocycles. The molecule has 0 N–H and O–H groups in total. The molecule has 0 fully saturated rings. The predicted octanol–water partition coefficient (Wildman–Crippen LogP) is 1.78. The summed E-state index contributed by atoms with van der Waals surface area (Å²) in [5, 5.41) is 4.24. The number of rotatable bonds is 9. The summed E-state index contributed by atoms with van der Waals surface area (Å²) >= 11 is 1.66. The number of ether oxygens (including phenoxy) is 1. The fourth-order valence-electron chi connectivity index (χ4n) is 1.64. The second-order valence-electron chi connectivity index (χ2n) is 4.56. The van der Waals surface area contributed by atoms with E-state index in [1.54, 1.807) is 29.8 Å². The number of thioether (sulfide) groups is 1. The molecule has 1 aromatic rings. The number of hydrogen-bond donors (Lipinski definition) is 0. The van der Waals surface area contributed by atoms with Crippen molar-refractivity contribution < 1.29 is 9.53 Å². The summed E-state index contributed by atoms with van der Waals surface area (Å²) in [5.74, 6) is 2.14. The van der Waals surface area contributed by atoms with Gasteiger partial charge in [-0.3, -0.25) is 9.48 Å². The van der Waals surface area contributed by atoms with Gasteiger partial charge >= 0.3 is 0 Å². The van der Waals surface area contributed by atoms with E-state index in [-0.39, 0.29) is 5.78 Å². The first-order valence-electron chi connectivity index (χ1n) is 6.45. The van der Waals surface area contributed by atoms with E-state index in [2.05, 4.69) is 16.9 Å². The first kappa shape index (κ1) is 16.0. The van der Waals surface area contributed by atoms with Crippen LogP contribution in [0.4, 0.5) is 0 Å². The van der Waals surface area contributed by atoms with Crippen LogP contribution in [-0.2, 0) is 6.54 Å². The second-order valence-corrected chi connectivity index (χ2v) is 5.67. The maximum atomic E-state index is 12.3. The lowest BCUT2D eigenvalue weighted by molar-refractivity contribution is 0.100. The number of ketones is 1. The first-order valence-corrected chi connectivity index (χ1v) is 7.61. The summed E-state index contributed by atoms with van der Waals surface area (Å²) in [4.78, 5) is 14.3. The number of likely N-dealkylation sites (N-methyl/N-ethyl adjacent to an activating group) is 1. The number of Topliss-reactive ketones (excluding diaryl/α,β-unsaturated/α-hetero) is 1. The molecule has 19 heavy (non-hydrogen) atoms. The summed E-state index contributed by atoms with van der Waals surface area (Å²) in [6.45, 7) is 3.64. The van der Waals surface area contributed by atoms with Crippen molar-refractivity contribution in [3.8, 4) is 5.75 Å². The largest absolute Gasteiger partial charge is 0.493 e. The topological polar surface area (TPSA) is 47.4 Å². The minimum atomic E-state index is 0.0894. The molecule has 0 amide bonds. The average molecular weight is 285 g/mol. The van der Waals surface area contributed by atoms with Crippen molar-refractivity contribution in [3.63, 3.8) is 0 Å². The SMILES string of the molecule is CCCSCC(=O)c1c(OC)cnn1CCN(C)C. The Morgan fingerprint density at radius 2 is 2.26 bits per heavy atom. The molecule has 0 saturated heterocycles. The Kier molecular flexibility index (Phi) is 6.94. The monoisotopic (exact) mass is 285 g/mol. The lowest BCUT2D eigenvalue weighted by Crippen LogP contribution is -2.22. The second kappa shape index (κ2) is 8.22. The van der Waals surface area contributed by atoms with Crippen molar-refractivity contribution in [1.82, 2.24) is 14.7 Å². The van der Waals surface area contributed by atoms with Crippen LogP contribution in [0.25, 0.3) is 0 Å². The number of carbonyl (C=O) groups excluding carboxylic acids is 1. The van der Waals surface area contributed by atoms with E-state index in [0.717, 1.165) is 18.7 Å². The van der Waals surface area contributed by atoms with Gasteiger partial charge in [0.1, 0.15) is 5.69 Å². The Hall–Kier alpha value is -1.01. The standard InChI is InChI=1S/C13H23N3O2S/c1-5-8-19-10-11(17)13-12(18-4)9-14-16(13)7-6-15(2)3/h9H,5-8,10H2,1-4H3. The molecule has 5 nitrogen and oxygen atoms in total. The zero-order valence-corrected chi connectivity index (χ0v) is 13.0. The van der Waals surface area contributed by atoms with Crippen LogP contribution in [0, 0.1) is 0 Å². The highest BCUT2D eigenvalue weighted by atomic mass is 32.2. The van der Waals surface area contributed by atoms with Gasteiger partial charge < -0.3 is 9.64 Å². The lowest BCUT2D eigenvalue weighted by Gasteiger charge is -2.12. The summed E-state index contributed by atoms with van der Waals surface area (Å²) in [6.07, 6.45) is 2.70. The predicted molar refractivity (Wildman–Crippen MR) is 79.3 cm³/mol. The van der Waals surface area contributed by atoms with Gasteiger partial charge in [-0.1, -0.05) is 6.92 Å². The van der Waals surface area contributed by atoms with Gasteiger partial charge in [-0.25, -0.2) is 0 Å². The molecular weight excluding hydrogens is 262 g/mol. The van der Waals surface area contributed by atoms with Crippen LogP contribution in [0.2, 0.25) is 0 Å². The molecule has 0 bridgehead atoms. The molecule has 0 aliphatic carbocycles. The molecule has 0 radical (unpaired) electrons. The van der Waals surface area contributed by atoms with Crippen molar-refractivity contribution in [1.29, 1.82) is 0 Å². The van der Waals surface area contributed by atoms with Gasteiger partial charge in [0.25, 0.3) is 0 Å². The average Bonchev–Trinajstić information content (AvgIpc) is 2.79. The van der Waals surface area contributed by atoms with E-state index in [0.29, 0.717) is 23.7 Å². The number of aromatic nitrogens is 2. The van der Waals surface area contributed by atoms with E-state index in [4.69, 9.17) is 4.74 Å². The van der Waals surface area contributed by atoms with Gasteiger partial charge in [0.05, 0.1) is 25.6 Å². The van der Waals surface area contributed by atoms with Gasteiger partial charge in [0.2, 0.25) is 0 Å². The Morgan fingerprint density at radius 1 is 1.53 bits per heavy atom. The number of methoxy groups -OCH3 is 1. The van der Waals surface area contributed by atoms with Gasteiger partial charge in [-0.15, -0.1) is 0 Å². The Bertz CT molecular complexity index is 405. The fourth-order valence-corrected chi connectivity index (χ4v) is 2.40.